The maximum Gasteiger partial charge on any atom is 0.0933 e. The van der Waals surface area contributed by atoms with Crippen LogP contribution in [0.1, 0.15) is 43.5 Å². The summed E-state index contributed by atoms with van der Waals surface area (Å²) in [4.78, 5) is 10.2. The maximum atomic E-state index is 5.12. The molecule has 3 atom stereocenters. The van der Waals surface area contributed by atoms with Crippen molar-refractivity contribution in [3.8, 4) is 0 Å². The van der Waals surface area contributed by atoms with Gasteiger partial charge < -0.3 is 0 Å². The lowest BCUT2D eigenvalue weighted by molar-refractivity contribution is 0.680. The quantitative estimate of drug-likeness (QED) is 0.735. The lowest BCUT2D eigenvalue weighted by Gasteiger charge is -2.32. The number of aromatic nitrogens is 2. The molecule has 1 aromatic heterocycles. The number of rotatable bonds is 0. The van der Waals surface area contributed by atoms with Crippen LogP contribution in [-0.2, 0) is 0 Å². The summed E-state index contributed by atoms with van der Waals surface area (Å²) < 4.78 is 0. The van der Waals surface area contributed by atoms with Crippen molar-refractivity contribution in [3.63, 3.8) is 0 Å². The van der Waals surface area contributed by atoms with E-state index in [0.717, 1.165) is 28.5 Å². The second-order valence-electron chi connectivity index (χ2n) is 7.11. The summed E-state index contributed by atoms with van der Waals surface area (Å²) in [5, 5.41) is 2.12. The highest BCUT2D eigenvalue weighted by Crippen LogP contribution is 2.41. The molecule has 0 amide bonds. The molecular weight excluding hydrogens is 292 g/mol. The molecule has 0 spiro atoms. The molecule has 4 aliphatic rings. The number of allylic oxidation sites excluding steroid dienone is 10. The summed E-state index contributed by atoms with van der Waals surface area (Å²) in [5.41, 5.74) is 6.37. The minimum atomic E-state index is 0.241. The lowest BCUT2D eigenvalue weighted by atomic mass is 9.73. The van der Waals surface area contributed by atoms with Crippen molar-refractivity contribution >= 4 is 11.6 Å². The van der Waals surface area contributed by atoms with E-state index in [1.807, 2.05) is 0 Å². The molecule has 0 aromatic carbocycles. The summed E-state index contributed by atoms with van der Waals surface area (Å²) in [6.45, 7) is 4.52. The predicted molar refractivity (Wildman–Crippen MR) is 97.7 cm³/mol. The molecule has 4 aliphatic carbocycles. The van der Waals surface area contributed by atoms with Crippen LogP contribution in [0, 0.1) is 5.92 Å². The minimum Gasteiger partial charge on any atom is -0.248 e. The standard InChI is InChI=1S/C22H20N2/c1-13-7-5-11-17-19(13)15-9-3-4-10-16(15)21-22(17)24-20-14(2)8-6-12-18(20)23-21/h3-6,8-14,16H,7H2,1-2H3. The highest BCUT2D eigenvalue weighted by atomic mass is 14.8. The van der Waals surface area contributed by atoms with Gasteiger partial charge in [-0.05, 0) is 29.6 Å². The SMILES string of the molecule is CC1CC=CC2=c3nc4c(nc3C3C=CC=CC3=C21)=CC=CC4C. The zero-order chi connectivity index (χ0) is 16.3. The molecule has 0 aliphatic heterocycles. The maximum absolute atomic E-state index is 5.12. The van der Waals surface area contributed by atoms with Gasteiger partial charge in [0.1, 0.15) is 0 Å². The van der Waals surface area contributed by atoms with Gasteiger partial charge in [0.05, 0.1) is 22.1 Å². The third-order valence-corrected chi connectivity index (χ3v) is 5.51. The fraction of sp³-hybridized carbons (Fsp3) is 0.273. The Morgan fingerprint density at radius 1 is 0.958 bits per heavy atom. The lowest BCUT2D eigenvalue weighted by Crippen LogP contribution is -2.37. The van der Waals surface area contributed by atoms with Crippen molar-refractivity contribution in [3.05, 3.63) is 81.8 Å². The first kappa shape index (κ1) is 13.9. The van der Waals surface area contributed by atoms with Gasteiger partial charge in [0.25, 0.3) is 0 Å². The second-order valence-corrected chi connectivity index (χ2v) is 7.11. The molecule has 24 heavy (non-hydrogen) atoms. The van der Waals surface area contributed by atoms with E-state index in [1.54, 1.807) is 0 Å². The van der Waals surface area contributed by atoms with Gasteiger partial charge in [-0.2, -0.15) is 0 Å². The molecule has 0 bridgehead atoms. The molecule has 2 heteroatoms. The van der Waals surface area contributed by atoms with Crippen molar-refractivity contribution in [2.75, 3.05) is 0 Å². The van der Waals surface area contributed by atoms with Crippen LogP contribution in [0.2, 0.25) is 0 Å². The first-order valence-electron chi connectivity index (χ1n) is 8.80. The van der Waals surface area contributed by atoms with Crippen LogP contribution in [0.15, 0.2) is 59.8 Å². The summed E-state index contributed by atoms with van der Waals surface area (Å²) in [7, 11) is 0. The van der Waals surface area contributed by atoms with Crippen molar-refractivity contribution in [1.82, 2.24) is 9.97 Å². The van der Waals surface area contributed by atoms with Crippen LogP contribution in [0.5, 0.6) is 0 Å². The third-order valence-electron chi connectivity index (χ3n) is 5.51. The fourth-order valence-electron chi connectivity index (χ4n) is 4.30. The van der Waals surface area contributed by atoms with Gasteiger partial charge >= 0.3 is 0 Å². The van der Waals surface area contributed by atoms with Crippen LogP contribution in [-0.4, -0.2) is 9.97 Å². The monoisotopic (exact) mass is 312 g/mol. The molecule has 118 valence electrons. The Bertz CT molecular complexity index is 1010. The smallest absolute Gasteiger partial charge is 0.0933 e. The minimum absolute atomic E-state index is 0.241. The molecule has 0 N–H and O–H groups in total. The number of hydrogen-bond acceptors (Lipinski definition) is 2. The first-order chi connectivity index (χ1) is 11.7. The molecular formula is C22H20N2. The Kier molecular flexibility index (Phi) is 2.90. The van der Waals surface area contributed by atoms with E-state index >= 15 is 0 Å². The highest BCUT2D eigenvalue weighted by Gasteiger charge is 2.32. The zero-order valence-electron chi connectivity index (χ0n) is 14.0. The van der Waals surface area contributed by atoms with Crippen molar-refractivity contribution in [1.29, 1.82) is 0 Å². The van der Waals surface area contributed by atoms with Crippen LogP contribution < -0.4 is 10.7 Å². The largest absolute Gasteiger partial charge is 0.248 e. The topological polar surface area (TPSA) is 25.8 Å². The van der Waals surface area contributed by atoms with Crippen molar-refractivity contribution in [2.24, 2.45) is 5.92 Å². The Morgan fingerprint density at radius 3 is 2.79 bits per heavy atom. The van der Waals surface area contributed by atoms with Gasteiger partial charge in [-0.15, -0.1) is 0 Å². The Morgan fingerprint density at radius 2 is 1.88 bits per heavy atom. The molecule has 0 fully saturated rings. The van der Waals surface area contributed by atoms with Crippen LogP contribution in [0.4, 0.5) is 0 Å². The molecule has 0 radical (unpaired) electrons. The van der Waals surface area contributed by atoms with Crippen LogP contribution in [0.25, 0.3) is 11.6 Å². The number of fused-ring (bicyclic) bond motifs is 5. The van der Waals surface area contributed by atoms with E-state index in [-0.39, 0.29) is 5.92 Å². The van der Waals surface area contributed by atoms with Gasteiger partial charge in [-0.3, -0.25) is 0 Å². The molecule has 1 aromatic rings. The molecule has 2 nitrogen and oxygen atoms in total. The zero-order valence-corrected chi connectivity index (χ0v) is 14.0. The molecule has 3 unspecified atom stereocenters. The first-order valence-corrected chi connectivity index (χ1v) is 8.80. The van der Waals surface area contributed by atoms with E-state index < -0.39 is 0 Å². The Balaban J connectivity index is 1.92. The second kappa shape index (κ2) is 5.01. The van der Waals surface area contributed by atoms with E-state index in [4.69, 9.17) is 9.97 Å². The van der Waals surface area contributed by atoms with Gasteiger partial charge in [-0.1, -0.05) is 62.5 Å². The van der Waals surface area contributed by atoms with Gasteiger partial charge in [-0.25, -0.2) is 9.97 Å². The van der Waals surface area contributed by atoms with Gasteiger partial charge in [0, 0.05) is 17.4 Å². The molecule has 5 rings (SSSR count). The average molecular weight is 312 g/mol. The summed E-state index contributed by atoms with van der Waals surface area (Å²) >= 11 is 0. The highest BCUT2D eigenvalue weighted by molar-refractivity contribution is 5.80. The van der Waals surface area contributed by atoms with E-state index in [0.29, 0.717) is 11.8 Å². The van der Waals surface area contributed by atoms with Crippen LogP contribution in [0.3, 0.4) is 0 Å². The summed E-state index contributed by atoms with van der Waals surface area (Å²) in [6.07, 6.45) is 20.9. The van der Waals surface area contributed by atoms with E-state index in [1.165, 1.54) is 16.7 Å². The van der Waals surface area contributed by atoms with Crippen molar-refractivity contribution in [2.45, 2.75) is 32.1 Å². The predicted octanol–water partition coefficient (Wildman–Crippen LogP) is 3.20. The normalized spacial score (nSPS) is 28.9. The Labute approximate surface area is 142 Å². The average Bonchev–Trinajstić information content (AvgIpc) is 2.61. The summed E-state index contributed by atoms with van der Waals surface area (Å²) in [6, 6.07) is 0. The van der Waals surface area contributed by atoms with Gasteiger partial charge in [0.2, 0.25) is 0 Å². The number of hydrogen-bond donors (Lipinski definition) is 0. The Hall–Kier alpha value is -2.48. The molecule has 0 saturated heterocycles. The third kappa shape index (κ3) is 1.83. The molecule has 0 saturated carbocycles. The van der Waals surface area contributed by atoms with E-state index in [9.17, 15) is 0 Å². The van der Waals surface area contributed by atoms with Crippen molar-refractivity contribution < 1.29 is 0 Å². The molecule has 1 heterocycles. The van der Waals surface area contributed by atoms with Crippen LogP contribution >= 0.6 is 0 Å². The number of nitrogens with zero attached hydrogens (tertiary/aromatic N) is 2. The van der Waals surface area contributed by atoms with Gasteiger partial charge in [0.15, 0.2) is 0 Å². The summed E-state index contributed by atoms with van der Waals surface area (Å²) in [5.74, 6) is 1.10. The van der Waals surface area contributed by atoms with E-state index in [2.05, 4.69) is 68.5 Å². The fourth-order valence-corrected chi connectivity index (χ4v) is 4.30.